The second-order valence-corrected chi connectivity index (χ2v) is 11.6. The molecule has 5 rings (SSSR count). The maximum Gasteiger partial charge on any atom is 0.303 e. The van der Waals surface area contributed by atoms with E-state index in [1.807, 2.05) is 25.2 Å². The number of carbonyl (C=O) groups excluding carboxylic acids is 1. The molecular weight excluding hydrogens is 480 g/mol. The van der Waals surface area contributed by atoms with Crippen LogP contribution >= 0.6 is 0 Å². The molecule has 7 heteroatoms. The van der Waals surface area contributed by atoms with Gasteiger partial charge in [-0.3, -0.25) is 9.59 Å². The molecule has 2 aliphatic heterocycles. The number of ether oxygens (including phenoxy) is 1. The zero-order valence-electron chi connectivity index (χ0n) is 22.6. The number of rotatable bonds is 12. The first-order chi connectivity index (χ1) is 18.5. The van der Waals surface area contributed by atoms with Gasteiger partial charge in [-0.05, 0) is 49.1 Å². The van der Waals surface area contributed by atoms with E-state index >= 15 is 0 Å². The van der Waals surface area contributed by atoms with Gasteiger partial charge in [0.25, 0.3) is 5.91 Å². The number of amides is 1. The molecule has 1 amide bonds. The van der Waals surface area contributed by atoms with Crippen molar-refractivity contribution < 1.29 is 23.8 Å². The molecule has 3 aliphatic rings. The standard InChI is InChI=1S/C31H42N2O5/c1-33(18-8-7-11-21-9-3-2-4-10-21)31(36)25-20-37-30(32-25)29-24(26-15-16-27(29)38-26)19-23-13-6-5-12-22(23)14-17-28(34)35/h5-6,12-13,20-21,24,26-27,29H,2-4,7-11,14-19H2,1H3,(H,34,35). The van der Waals surface area contributed by atoms with Gasteiger partial charge in [-0.1, -0.05) is 69.2 Å². The lowest BCUT2D eigenvalue weighted by molar-refractivity contribution is -0.136. The van der Waals surface area contributed by atoms with Gasteiger partial charge in [-0.15, -0.1) is 0 Å². The Morgan fingerprint density at radius 3 is 2.58 bits per heavy atom. The van der Waals surface area contributed by atoms with Crippen LogP contribution < -0.4 is 0 Å². The molecule has 7 nitrogen and oxygen atoms in total. The summed E-state index contributed by atoms with van der Waals surface area (Å²) in [7, 11) is 1.86. The molecule has 1 saturated carbocycles. The number of fused-ring (bicyclic) bond motifs is 2. The summed E-state index contributed by atoms with van der Waals surface area (Å²) in [6.45, 7) is 0.737. The van der Waals surface area contributed by atoms with Crippen LogP contribution in [-0.4, -0.2) is 52.7 Å². The summed E-state index contributed by atoms with van der Waals surface area (Å²) in [4.78, 5) is 30.7. The molecule has 4 atom stereocenters. The highest BCUT2D eigenvalue weighted by Gasteiger charge is 2.51. The van der Waals surface area contributed by atoms with Gasteiger partial charge in [-0.2, -0.15) is 0 Å². The summed E-state index contributed by atoms with van der Waals surface area (Å²) in [6, 6.07) is 8.09. The van der Waals surface area contributed by atoms with Gasteiger partial charge >= 0.3 is 5.97 Å². The number of carboxylic acids is 1. The molecule has 3 fully saturated rings. The highest BCUT2D eigenvalue weighted by atomic mass is 16.5. The van der Waals surface area contributed by atoms with Gasteiger partial charge in [0.05, 0.1) is 18.1 Å². The molecule has 1 aliphatic carbocycles. The van der Waals surface area contributed by atoms with E-state index in [9.17, 15) is 9.59 Å². The highest BCUT2D eigenvalue weighted by Crippen LogP contribution is 2.50. The number of aliphatic carboxylic acids is 1. The Labute approximate surface area is 226 Å². The van der Waals surface area contributed by atoms with Crippen LogP contribution in [0.3, 0.4) is 0 Å². The molecule has 1 aromatic heterocycles. The fourth-order valence-electron chi connectivity index (χ4n) is 6.97. The number of benzene rings is 1. The van der Waals surface area contributed by atoms with E-state index in [1.54, 1.807) is 4.90 Å². The summed E-state index contributed by atoms with van der Waals surface area (Å²) in [6.07, 6.45) is 15.5. The van der Waals surface area contributed by atoms with Crippen LogP contribution in [-0.2, 0) is 22.4 Å². The minimum atomic E-state index is -0.785. The predicted octanol–water partition coefficient (Wildman–Crippen LogP) is 6.02. The SMILES string of the molecule is CN(CCCCC1CCCCC1)C(=O)c1coc(C2C3CCC(O3)C2Cc2ccccc2CCC(=O)O)n1. The topological polar surface area (TPSA) is 92.9 Å². The molecule has 2 aromatic rings. The summed E-state index contributed by atoms with van der Waals surface area (Å²) in [5, 5.41) is 9.16. The molecule has 3 heterocycles. The van der Waals surface area contributed by atoms with Crippen LogP contribution in [0.4, 0.5) is 0 Å². The number of aromatic nitrogens is 1. The Morgan fingerprint density at radius 2 is 1.79 bits per heavy atom. The summed E-state index contributed by atoms with van der Waals surface area (Å²) >= 11 is 0. The van der Waals surface area contributed by atoms with E-state index in [0.29, 0.717) is 18.0 Å². The van der Waals surface area contributed by atoms with Crippen molar-refractivity contribution in [1.82, 2.24) is 9.88 Å². The molecule has 2 bridgehead atoms. The van der Waals surface area contributed by atoms with Crippen molar-refractivity contribution in [3.63, 3.8) is 0 Å². The molecule has 0 spiro atoms. The molecule has 4 unspecified atom stereocenters. The minimum absolute atomic E-state index is 0.00336. The Morgan fingerprint density at radius 1 is 1.03 bits per heavy atom. The van der Waals surface area contributed by atoms with E-state index in [-0.39, 0.29) is 36.4 Å². The van der Waals surface area contributed by atoms with Crippen molar-refractivity contribution in [2.45, 2.75) is 102 Å². The Hall–Kier alpha value is -2.67. The number of unbranched alkanes of at least 4 members (excludes halogenated alkanes) is 1. The van der Waals surface area contributed by atoms with Gasteiger partial charge in [0.2, 0.25) is 5.89 Å². The summed E-state index contributed by atoms with van der Waals surface area (Å²) in [5.41, 5.74) is 2.61. The van der Waals surface area contributed by atoms with Gasteiger partial charge in [0, 0.05) is 25.9 Å². The minimum Gasteiger partial charge on any atom is -0.481 e. The first-order valence-corrected chi connectivity index (χ1v) is 14.6. The van der Waals surface area contributed by atoms with Crippen LogP contribution in [0.2, 0.25) is 0 Å². The first-order valence-electron chi connectivity index (χ1n) is 14.6. The van der Waals surface area contributed by atoms with Gasteiger partial charge < -0.3 is 19.2 Å². The predicted molar refractivity (Wildman–Crippen MR) is 144 cm³/mol. The Balaban J connectivity index is 1.20. The van der Waals surface area contributed by atoms with Gasteiger partial charge in [-0.25, -0.2) is 4.98 Å². The lowest BCUT2D eigenvalue weighted by Gasteiger charge is -2.26. The third kappa shape index (κ3) is 6.31. The molecule has 0 radical (unpaired) electrons. The van der Waals surface area contributed by atoms with Crippen LogP contribution in [0.5, 0.6) is 0 Å². The number of hydrogen-bond donors (Lipinski definition) is 1. The molecule has 1 aromatic carbocycles. The third-order valence-electron chi connectivity index (χ3n) is 9.06. The number of aryl methyl sites for hydroxylation is 1. The number of oxazole rings is 1. The molecular formula is C31H42N2O5. The normalized spacial score (nSPS) is 25.1. The van der Waals surface area contributed by atoms with Crippen molar-refractivity contribution in [2.75, 3.05) is 13.6 Å². The lowest BCUT2D eigenvalue weighted by atomic mass is 9.75. The van der Waals surface area contributed by atoms with E-state index in [4.69, 9.17) is 19.2 Å². The Bertz CT molecular complexity index is 1090. The molecule has 206 valence electrons. The zero-order chi connectivity index (χ0) is 26.5. The summed E-state index contributed by atoms with van der Waals surface area (Å²) in [5.74, 6) is 0.801. The fourth-order valence-corrected chi connectivity index (χ4v) is 6.97. The average molecular weight is 523 g/mol. The van der Waals surface area contributed by atoms with Gasteiger partial charge in [0.15, 0.2) is 5.69 Å². The maximum atomic E-state index is 13.1. The molecule has 2 saturated heterocycles. The largest absolute Gasteiger partial charge is 0.481 e. The average Bonchev–Trinajstić information content (AvgIpc) is 3.68. The quantitative estimate of drug-likeness (QED) is 0.343. The van der Waals surface area contributed by atoms with Crippen molar-refractivity contribution in [2.24, 2.45) is 11.8 Å². The van der Waals surface area contributed by atoms with Crippen molar-refractivity contribution in [3.05, 3.63) is 53.2 Å². The van der Waals surface area contributed by atoms with E-state index in [0.717, 1.165) is 49.3 Å². The smallest absolute Gasteiger partial charge is 0.303 e. The van der Waals surface area contributed by atoms with E-state index in [1.165, 1.54) is 51.2 Å². The Kier molecular flexibility index (Phi) is 8.82. The molecule has 38 heavy (non-hydrogen) atoms. The van der Waals surface area contributed by atoms with Crippen LogP contribution in [0, 0.1) is 11.8 Å². The number of carboxylic acid groups (broad SMARTS) is 1. The second-order valence-electron chi connectivity index (χ2n) is 11.6. The maximum absolute atomic E-state index is 13.1. The van der Waals surface area contributed by atoms with Crippen molar-refractivity contribution in [1.29, 1.82) is 0 Å². The lowest BCUT2D eigenvalue weighted by Crippen LogP contribution is -2.29. The number of nitrogens with zero attached hydrogens (tertiary/aromatic N) is 2. The van der Waals surface area contributed by atoms with Crippen molar-refractivity contribution >= 4 is 11.9 Å². The highest BCUT2D eigenvalue weighted by molar-refractivity contribution is 5.91. The second kappa shape index (κ2) is 12.5. The monoisotopic (exact) mass is 522 g/mol. The van der Waals surface area contributed by atoms with E-state index in [2.05, 4.69) is 6.07 Å². The van der Waals surface area contributed by atoms with Crippen LogP contribution in [0.1, 0.15) is 104 Å². The zero-order valence-corrected chi connectivity index (χ0v) is 22.6. The van der Waals surface area contributed by atoms with Crippen LogP contribution in [0.15, 0.2) is 34.9 Å². The molecule has 1 N–H and O–H groups in total. The van der Waals surface area contributed by atoms with E-state index < -0.39 is 5.97 Å². The fraction of sp³-hybridized carbons (Fsp3) is 0.645. The first kappa shape index (κ1) is 26.9. The van der Waals surface area contributed by atoms with Crippen molar-refractivity contribution in [3.8, 4) is 0 Å². The number of carbonyl (C=O) groups is 2. The third-order valence-corrected chi connectivity index (χ3v) is 9.06. The number of hydrogen-bond acceptors (Lipinski definition) is 5. The van der Waals surface area contributed by atoms with Crippen LogP contribution in [0.25, 0.3) is 0 Å². The van der Waals surface area contributed by atoms with Gasteiger partial charge in [0.1, 0.15) is 6.26 Å². The summed E-state index contributed by atoms with van der Waals surface area (Å²) < 4.78 is 12.2.